The molecule has 3 rings (SSSR count). The van der Waals surface area contributed by atoms with Gasteiger partial charge in [0.25, 0.3) is 0 Å². The van der Waals surface area contributed by atoms with Crippen molar-refractivity contribution in [2.24, 2.45) is 4.99 Å². The lowest BCUT2D eigenvalue weighted by atomic mass is 10.2. The highest BCUT2D eigenvalue weighted by Gasteiger charge is 2.21. The van der Waals surface area contributed by atoms with Gasteiger partial charge in [-0.1, -0.05) is 12.1 Å². The number of rotatable bonds is 6. The Morgan fingerprint density at radius 1 is 1.26 bits per heavy atom. The van der Waals surface area contributed by atoms with E-state index in [1.165, 1.54) is 10.7 Å². The number of aliphatic imine (C=N–C) groups is 1. The summed E-state index contributed by atoms with van der Waals surface area (Å²) in [7, 11) is 3.59. The molecule has 1 aromatic heterocycles. The standard InChI is InChI=1S/C20H29N5OS/c1-16-15-27-19(23-16)9-6-10-22-20(21-2)25-13-11-24(12-14-25)17-7-4-5-8-18(17)26-3/h4-5,7-8,15H,6,9-14H2,1-3H3,(H,21,22). The molecule has 1 aliphatic heterocycles. The van der Waals surface area contributed by atoms with Crippen LogP contribution in [0.2, 0.25) is 0 Å². The number of hydrogen-bond acceptors (Lipinski definition) is 5. The maximum absolute atomic E-state index is 5.50. The van der Waals surface area contributed by atoms with Crippen LogP contribution in [0.3, 0.4) is 0 Å². The zero-order chi connectivity index (χ0) is 19.1. The van der Waals surface area contributed by atoms with Crippen molar-refractivity contribution < 1.29 is 4.74 Å². The average Bonchev–Trinajstić information content (AvgIpc) is 3.13. The summed E-state index contributed by atoms with van der Waals surface area (Å²) in [5.41, 5.74) is 2.29. The Labute approximate surface area is 165 Å². The fraction of sp³-hybridized carbons (Fsp3) is 0.500. The second kappa shape index (κ2) is 9.60. The molecule has 27 heavy (non-hydrogen) atoms. The minimum absolute atomic E-state index is 0.915. The van der Waals surface area contributed by atoms with E-state index >= 15 is 0 Å². The van der Waals surface area contributed by atoms with Crippen molar-refractivity contribution in [2.45, 2.75) is 19.8 Å². The molecule has 1 saturated heterocycles. The first kappa shape index (κ1) is 19.5. The maximum atomic E-state index is 5.50. The monoisotopic (exact) mass is 387 g/mol. The highest BCUT2D eigenvalue weighted by molar-refractivity contribution is 7.09. The van der Waals surface area contributed by atoms with E-state index in [0.29, 0.717) is 0 Å². The number of hydrogen-bond donors (Lipinski definition) is 1. The largest absolute Gasteiger partial charge is 0.495 e. The minimum Gasteiger partial charge on any atom is -0.495 e. The van der Waals surface area contributed by atoms with Crippen LogP contribution in [0.1, 0.15) is 17.1 Å². The Morgan fingerprint density at radius 2 is 2.04 bits per heavy atom. The van der Waals surface area contributed by atoms with Crippen molar-refractivity contribution in [3.8, 4) is 5.75 Å². The number of thiazole rings is 1. The first-order valence-electron chi connectivity index (χ1n) is 9.46. The second-order valence-electron chi connectivity index (χ2n) is 6.61. The van der Waals surface area contributed by atoms with Gasteiger partial charge in [0.05, 0.1) is 17.8 Å². The molecular formula is C20H29N5OS. The predicted octanol–water partition coefficient (Wildman–Crippen LogP) is 2.79. The maximum Gasteiger partial charge on any atom is 0.193 e. The van der Waals surface area contributed by atoms with E-state index in [9.17, 15) is 0 Å². The zero-order valence-electron chi connectivity index (χ0n) is 16.4. The first-order valence-corrected chi connectivity index (χ1v) is 10.3. The van der Waals surface area contributed by atoms with E-state index in [2.05, 4.69) is 42.6 Å². The minimum atomic E-state index is 0.915. The Bertz CT molecular complexity index is 752. The number of piperazine rings is 1. The van der Waals surface area contributed by atoms with E-state index in [0.717, 1.165) is 63.0 Å². The summed E-state index contributed by atoms with van der Waals surface area (Å²) in [5.74, 6) is 1.93. The molecule has 1 N–H and O–H groups in total. The van der Waals surface area contributed by atoms with Crippen LogP contribution in [0.4, 0.5) is 5.69 Å². The fourth-order valence-corrected chi connectivity index (χ4v) is 4.16. The van der Waals surface area contributed by atoms with Crippen molar-refractivity contribution in [1.82, 2.24) is 15.2 Å². The van der Waals surface area contributed by atoms with Crippen LogP contribution in [0.5, 0.6) is 5.75 Å². The molecule has 0 aliphatic carbocycles. The topological polar surface area (TPSA) is 53.0 Å². The summed E-state index contributed by atoms with van der Waals surface area (Å²) in [6.07, 6.45) is 2.08. The Morgan fingerprint density at radius 3 is 2.70 bits per heavy atom. The molecule has 1 fully saturated rings. The lowest BCUT2D eigenvalue weighted by molar-refractivity contribution is 0.367. The molecule has 1 aliphatic rings. The number of methoxy groups -OCH3 is 1. The van der Waals surface area contributed by atoms with Crippen molar-refractivity contribution >= 4 is 23.0 Å². The summed E-state index contributed by atoms with van der Waals surface area (Å²) in [6, 6.07) is 8.22. The summed E-state index contributed by atoms with van der Waals surface area (Å²) < 4.78 is 5.50. The van der Waals surface area contributed by atoms with Crippen molar-refractivity contribution in [3.63, 3.8) is 0 Å². The van der Waals surface area contributed by atoms with E-state index < -0.39 is 0 Å². The third kappa shape index (κ3) is 5.13. The normalized spacial score (nSPS) is 15.1. The number of nitrogens with one attached hydrogen (secondary N) is 1. The molecule has 1 aromatic carbocycles. The summed E-state index contributed by atoms with van der Waals surface area (Å²) in [6.45, 7) is 6.77. The predicted molar refractivity (Wildman–Crippen MR) is 113 cm³/mol. The van der Waals surface area contributed by atoms with Crippen LogP contribution in [0.25, 0.3) is 0 Å². The average molecular weight is 388 g/mol. The Hall–Kier alpha value is -2.28. The summed E-state index contributed by atoms with van der Waals surface area (Å²) >= 11 is 1.75. The number of nitrogens with zero attached hydrogens (tertiary/aromatic N) is 4. The van der Waals surface area contributed by atoms with Crippen LogP contribution in [0, 0.1) is 6.92 Å². The molecule has 0 saturated carbocycles. The Kier molecular flexibility index (Phi) is 6.92. The van der Waals surface area contributed by atoms with E-state index in [-0.39, 0.29) is 0 Å². The second-order valence-corrected chi connectivity index (χ2v) is 7.55. The molecule has 0 radical (unpaired) electrons. The van der Waals surface area contributed by atoms with Crippen molar-refractivity contribution in [1.29, 1.82) is 0 Å². The molecule has 6 nitrogen and oxygen atoms in total. The van der Waals surface area contributed by atoms with Crippen LogP contribution in [0.15, 0.2) is 34.6 Å². The van der Waals surface area contributed by atoms with Gasteiger partial charge in [0.1, 0.15) is 5.75 Å². The molecule has 0 amide bonds. The van der Waals surface area contributed by atoms with E-state index in [4.69, 9.17) is 4.74 Å². The molecule has 0 bridgehead atoms. The number of ether oxygens (including phenoxy) is 1. The van der Waals surface area contributed by atoms with Crippen LogP contribution < -0.4 is 15.0 Å². The summed E-state index contributed by atoms with van der Waals surface area (Å²) in [4.78, 5) is 13.7. The molecule has 2 aromatic rings. The lowest BCUT2D eigenvalue weighted by Crippen LogP contribution is -2.52. The van der Waals surface area contributed by atoms with Crippen LogP contribution in [-0.4, -0.2) is 62.7 Å². The van der Waals surface area contributed by atoms with Gasteiger partial charge >= 0.3 is 0 Å². The van der Waals surface area contributed by atoms with Crippen molar-refractivity contribution in [3.05, 3.63) is 40.3 Å². The van der Waals surface area contributed by atoms with Crippen LogP contribution in [-0.2, 0) is 6.42 Å². The number of para-hydroxylation sites is 2. The molecule has 2 heterocycles. The third-order valence-electron chi connectivity index (χ3n) is 4.73. The lowest BCUT2D eigenvalue weighted by Gasteiger charge is -2.38. The fourth-order valence-electron chi connectivity index (χ4n) is 3.34. The zero-order valence-corrected chi connectivity index (χ0v) is 17.3. The van der Waals surface area contributed by atoms with Gasteiger partial charge in [0, 0.05) is 57.3 Å². The molecule has 146 valence electrons. The summed E-state index contributed by atoms with van der Waals surface area (Å²) in [5, 5.41) is 6.83. The van der Waals surface area contributed by atoms with Gasteiger partial charge in [-0.25, -0.2) is 4.98 Å². The van der Waals surface area contributed by atoms with Crippen molar-refractivity contribution in [2.75, 3.05) is 51.8 Å². The molecule has 0 unspecified atom stereocenters. The Balaban J connectivity index is 1.45. The van der Waals surface area contributed by atoms with Gasteiger partial charge < -0.3 is 19.9 Å². The smallest absolute Gasteiger partial charge is 0.193 e. The SMILES string of the molecule is CN=C(NCCCc1nc(C)cs1)N1CCN(c2ccccc2OC)CC1. The number of anilines is 1. The van der Waals surface area contributed by atoms with Gasteiger partial charge in [-0.2, -0.15) is 0 Å². The molecule has 0 atom stereocenters. The van der Waals surface area contributed by atoms with Gasteiger partial charge in [0.15, 0.2) is 5.96 Å². The van der Waals surface area contributed by atoms with Gasteiger partial charge in [-0.05, 0) is 25.5 Å². The third-order valence-corrected chi connectivity index (χ3v) is 5.76. The van der Waals surface area contributed by atoms with E-state index in [1.807, 2.05) is 26.1 Å². The first-order chi connectivity index (χ1) is 13.2. The van der Waals surface area contributed by atoms with Crippen LogP contribution >= 0.6 is 11.3 Å². The van der Waals surface area contributed by atoms with E-state index in [1.54, 1.807) is 18.4 Å². The van der Waals surface area contributed by atoms with Gasteiger partial charge in [0.2, 0.25) is 0 Å². The molecular weight excluding hydrogens is 358 g/mol. The molecule has 7 heteroatoms. The van der Waals surface area contributed by atoms with Gasteiger partial charge in [-0.15, -0.1) is 11.3 Å². The highest BCUT2D eigenvalue weighted by Crippen LogP contribution is 2.28. The number of guanidine groups is 1. The van der Waals surface area contributed by atoms with Gasteiger partial charge in [-0.3, -0.25) is 4.99 Å². The quantitative estimate of drug-likeness (QED) is 0.469. The molecule has 0 spiro atoms. The number of aromatic nitrogens is 1. The number of aryl methyl sites for hydroxylation is 2. The number of benzene rings is 1. The highest BCUT2D eigenvalue weighted by atomic mass is 32.1.